The third-order valence-electron chi connectivity index (χ3n) is 3.46. The predicted octanol–water partition coefficient (Wildman–Crippen LogP) is 3.74. The highest BCUT2D eigenvalue weighted by molar-refractivity contribution is 7.92. The van der Waals surface area contributed by atoms with Gasteiger partial charge in [-0.3, -0.25) is 9.52 Å². The Morgan fingerprint density at radius 3 is 2.00 bits per heavy atom. The van der Waals surface area contributed by atoms with Crippen LogP contribution >= 0.6 is 0 Å². The molecule has 0 aliphatic rings. The summed E-state index contributed by atoms with van der Waals surface area (Å²) >= 11 is 0. The number of carbonyl (C=O) groups excluding carboxylic acids is 1. The number of benzene rings is 3. The van der Waals surface area contributed by atoms with Crippen LogP contribution in [0.4, 0.5) is 11.4 Å². The molecule has 2 N–H and O–H groups in total. The lowest BCUT2D eigenvalue weighted by molar-refractivity contribution is 0.102. The standard InChI is InChI=1S/C19H16N2O3S/c22-19(20-16-9-3-1-4-10-16)15-8-7-11-17(14-15)21-25(23,24)18-12-5-2-6-13-18/h1-14,21H,(H,20,22). The first-order chi connectivity index (χ1) is 12.0. The minimum absolute atomic E-state index is 0.161. The Hall–Kier alpha value is -3.12. The van der Waals surface area contributed by atoms with Gasteiger partial charge in [-0.2, -0.15) is 0 Å². The lowest BCUT2D eigenvalue weighted by Crippen LogP contribution is -2.15. The van der Waals surface area contributed by atoms with Gasteiger partial charge in [0.05, 0.1) is 4.90 Å². The predicted molar refractivity (Wildman–Crippen MR) is 98.1 cm³/mol. The second kappa shape index (κ2) is 7.19. The Balaban J connectivity index is 1.79. The van der Waals surface area contributed by atoms with Crippen molar-refractivity contribution >= 4 is 27.3 Å². The zero-order chi connectivity index (χ0) is 17.7. The number of amides is 1. The van der Waals surface area contributed by atoms with Gasteiger partial charge >= 0.3 is 0 Å². The molecule has 126 valence electrons. The van der Waals surface area contributed by atoms with E-state index in [9.17, 15) is 13.2 Å². The Labute approximate surface area is 146 Å². The van der Waals surface area contributed by atoms with Crippen molar-refractivity contribution in [2.45, 2.75) is 4.90 Å². The molecule has 5 nitrogen and oxygen atoms in total. The molecule has 0 aromatic heterocycles. The Morgan fingerprint density at radius 1 is 0.720 bits per heavy atom. The Kier molecular flexibility index (Phi) is 4.81. The van der Waals surface area contributed by atoms with Crippen molar-refractivity contribution in [2.75, 3.05) is 10.0 Å². The number of para-hydroxylation sites is 1. The number of sulfonamides is 1. The van der Waals surface area contributed by atoms with Crippen LogP contribution in [0.5, 0.6) is 0 Å². The Bertz CT molecular complexity index is 972. The van der Waals surface area contributed by atoms with Gasteiger partial charge in [0, 0.05) is 16.9 Å². The molecule has 0 unspecified atom stereocenters. The molecule has 0 saturated heterocycles. The van der Waals surface area contributed by atoms with E-state index in [0.29, 0.717) is 16.9 Å². The fourth-order valence-corrected chi connectivity index (χ4v) is 3.33. The van der Waals surface area contributed by atoms with Gasteiger partial charge in [-0.1, -0.05) is 42.5 Å². The number of hydrogen-bond donors (Lipinski definition) is 2. The summed E-state index contributed by atoms with van der Waals surface area (Å²) in [6, 6.07) is 23.5. The Morgan fingerprint density at radius 2 is 1.32 bits per heavy atom. The van der Waals surface area contributed by atoms with E-state index < -0.39 is 10.0 Å². The molecule has 25 heavy (non-hydrogen) atoms. The second-order valence-corrected chi connectivity index (χ2v) is 7.00. The quantitative estimate of drug-likeness (QED) is 0.734. The molecular weight excluding hydrogens is 336 g/mol. The van der Waals surface area contributed by atoms with Crippen molar-refractivity contribution in [3.8, 4) is 0 Å². The van der Waals surface area contributed by atoms with Gasteiger partial charge in [0.2, 0.25) is 0 Å². The van der Waals surface area contributed by atoms with Gasteiger partial charge in [0.25, 0.3) is 15.9 Å². The second-order valence-electron chi connectivity index (χ2n) is 5.32. The van der Waals surface area contributed by atoms with Crippen LogP contribution in [0.1, 0.15) is 10.4 Å². The fourth-order valence-electron chi connectivity index (χ4n) is 2.26. The van der Waals surface area contributed by atoms with E-state index in [1.54, 1.807) is 48.5 Å². The van der Waals surface area contributed by atoms with Crippen molar-refractivity contribution in [2.24, 2.45) is 0 Å². The van der Waals surface area contributed by atoms with E-state index in [1.165, 1.54) is 18.2 Å². The number of rotatable bonds is 5. The van der Waals surface area contributed by atoms with Gasteiger partial charge in [-0.05, 0) is 42.5 Å². The van der Waals surface area contributed by atoms with E-state index in [1.807, 2.05) is 18.2 Å². The lowest BCUT2D eigenvalue weighted by atomic mass is 10.2. The molecule has 3 aromatic rings. The third kappa shape index (κ3) is 4.24. The van der Waals surface area contributed by atoms with Gasteiger partial charge < -0.3 is 5.32 Å². The summed E-state index contributed by atoms with van der Waals surface area (Å²) in [6.45, 7) is 0. The highest BCUT2D eigenvalue weighted by atomic mass is 32.2. The van der Waals surface area contributed by atoms with Crippen molar-refractivity contribution in [3.05, 3.63) is 90.5 Å². The zero-order valence-corrected chi connectivity index (χ0v) is 14.0. The minimum atomic E-state index is -3.70. The van der Waals surface area contributed by atoms with Crippen LogP contribution in [0.15, 0.2) is 89.8 Å². The summed E-state index contributed by atoms with van der Waals surface area (Å²) in [5.41, 5.74) is 1.35. The number of nitrogens with one attached hydrogen (secondary N) is 2. The average Bonchev–Trinajstić information content (AvgIpc) is 2.63. The lowest BCUT2D eigenvalue weighted by Gasteiger charge is -2.10. The highest BCUT2D eigenvalue weighted by Crippen LogP contribution is 2.18. The van der Waals surface area contributed by atoms with E-state index in [-0.39, 0.29) is 10.8 Å². The summed E-state index contributed by atoms with van der Waals surface area (Å²) in [5, 5.41) is 2.76. The molecule has 0 aliphatic heterocycles. The van der Waals surface area contributed by atoms with Crippen molar-refractivity contribution in [1.29, 1.82) is 0 Å². The SMILES string of the molecule is O=C(Nc1ccccc1)c1cccc(NS(=O)(=O)c2ccccc2)c1. The topological polar surface area (TPSA) is 75.3 Å². The van der Waals surface area contributed by atoms with Gasteiger partial charge in [-0.25, -0.2) is 8.42 Å². The smallest absolute Gasteiger partial charge is 0.261 e. The highest BCUT2D eigenvalue weighted by Gasteiger charge is 2.14. The van der Waals surface area contributed by atoms with E-state index >= 15 is 0 Å². The summed E-state index contributed by atoms with van der Waals surface area (Å²) < 4.78 is 27.2. The largest absolute Gasteiger partial charge is 0.322 e. The summed E-state index contributed by atoms with van der Waals surface area (Å²) in [7, 11) is -3.70. The van der Waals surface area contributed by atoms with Crippen LogP contribution in [0.2, 0.25) is 0 Å². The summed E-state index contributed by atoms with van der Waals surface area (Å²) in [5.74, 6) is -0.313. The van der Waals surface area contributed by atoms with E-state index in [2.05, 4.69) is 10.0 Å². The first-order valence-electron chi connectivity index (χ1n) is 7.59. The van der Waals surface area contributed by atoms with Crippen molar-refractivity contribution in [1.82, 2.24) is 0 Å². The van der Waals surface area contributed by atoms with Crippen LogP contribution in [0.25, 0.3) is 0 Å². The molecule has 6 heteroatoms. The fraction of sp³-hybridized carbons (Fsp3) is 0. The molecule has 0 bridgehead atoms. The zero-order valence-electron chi connectivity index (χ0n) is 13.2. The van der Waals surface area contributed by atoms with Gasteiger partial charge in [0.1, 0.15) is 0 Å². The average molecular weight is 352 g/mol. The monoisotopic (exact) mass is 352 g/mol. The molecular formula is C19H16N2O3S. The van der Waals surface area contributed by atoms with Crippen LogP contribution in [0, 0.1) is 0 Å². The van der Waals surface area contributed by atoms with Crippen LogP contribution < -0.4 is 10.0 Å². The third-order valence-corrected chi connectivity index (χ3v) is 4.86. The van der Waals surface area contributed by atoms with Crippen LogP contribution in [-0.4, -0.2) is 14.3 Å². The molecule has 0 radical (unpaired) electrons. The molecule has 0 heterocycles. The first-order valence-corrected chi connectivity index (χ1v) is 9.07. The number of anilines is 2. The molecule has 3 aromatic carbocycles. The van der Waals surface area contributed by atoms with Gasteiger partial charge in [-0.15, -0.1) is 0 Å². The van der Waals surface area contributed by atoms with E-state index in [4.69, 9.17) is 0 Å². The van der Waals surface area contributed by atoms with Gasteiger partial charge in [0.15, 0.2) is 0 Å². The van der Waals surface area contributed by atoms with Crippen LogP contribution in [0.3, 0.4) is 0 Å². The summed E-state index contributed by atoms with van der Waals surface area (Å²) in [4.78, 5) is 12.5. The maximum absolute atomic E-state index is 12.4. The van der Waals surface area contributed by atoms with Crippen molar-refractivity contribution < 1.29 is 13.2 Å². The molecule has 1 amide bonds. The number of carbonyl (C=O) groups is 1. The number of hydrogen-bond acceptors (Lipinski definition) is 3. The molecule has 0 saturated carbocycles. The maximum Gasteiger partial charge on any atom is 0.261 e. The summed E-state index contributed by atoms with van der Waals surface area (Å²) in [6.07, 6.45) is 0. The molecule has 0 aliphatic carbocycles. The molecule has 0 atom stereocenters. The minimum Gasteiger partial charge on any atom is -0.322 e. The maximum atomic E-state index is 12.4. The van der Waals surface area contributed by atoms with E-state index in [0.717, 1.165) is 0 Å². The molecule has 3 rings (SSSR count). The first kappa shape index (κ1) is 16.7. The van der Waals surface area contributed by atoms with Crippen LogP contribution in [-0.2, 0) is 10.0 Å². The molecule has 0 spiro atoms. The molecule has 0 fully saturated rings. The van der Waals surface area contributed by atoms with Crippen molar-refractivity contribution in [3.63, 3.8) is 0 Å². The normalized spacial score (nSPS) is 10.9.